The summed E-state index contributed by atoms with van der Waals surface area (Å²) in [6.07, 6.45) is 1.73. The third kappa shape index (κ3) is 3.02. The van der Waals surface area contributed by atoms with Crippen LogP contribution in [0.4, 0.5) is 4.39 Å². The first-order valence-corrected chi connectivity index (χ1v) is 6.57. The molecular weight excluding hydrogens is 265 g/mol. The molecule has 0 N–H and O–H groups in total. The quantitative estimate of drug-likeness (QED) is 0.762. The minimum atomic E-state index is -0.586. The average Bonchev–Trinajstić information content (AvgIpc) is 2.51. The third-order valence-corrected chi connectivity index (χ3v) is 3.94. The highest BCUT2D eigenvalue weighted by Crippen LogP contribution is 2.39. The first-order valence-electron chi connectivity index (χ1n) is 6.20. The fourth-order valence-corrected chi connectivity index (χ4v) is 1.96. The van der Waals surface area contributed by atoms with E-state index in [1.54, 1.807) is 18.2 Å². The third-order valence-electron chi connectivity index (χ3n) is 3.65. The van der Waals surface area contributed by atoms with Gasteiger partial charge in [-0.05, 0) is 51.5 Å². The molecule has 2 nitrogen and oxygen atoms in total. The zero-order valence-corrected chi connectivity index (χ0v) is 12.3. The van der Waals surface area contributed by atoms with Crippen LogP contribution in [0, 0.1) is 5.82 Å². The number of rotatable bonds is 2. The summed E-state index contributed by atoms with van der Waals surface area (Å²) >= 11 is 6.23. The molecule has 1 saturated heterocycles. The second kappa shape index (κ2) is 4.93. The molecule has 0 aromatic heterocycles. The summed E-state index contributed by atoms with van der Waals surface area (Å²) in [5.41, 5.74) is -0.0378. The Bertz CT molecular complexity index is 481. The van der Waals surface area contributed by atoms with Crippen molar-refractivity contribution in [2.75, 3.05) is 0 Å². The van der Waals surface area contributed by atoms with E-state index in [4.69, 9.17) is 20.9 Å². The average molecular weight is 283 g/mol. The van der Waals surface area contributed by atoms with Gasteiger partial charge in [0.2, 0.25) is 0 Å². The lowest BCUT2D eigenvalue weighted by atomic mass is 9.88. The number of hydrogen-bond acceptors (Lipinski definition) is 2. The van der Waals surface area contributed by atoms with E-state index in [2.05, 4.69) is 0 Å². The minimum Gasteiger partial charge on any atom is -0.399 e. The van der Waals surface area contributed by atoms with Crippen LogP contribution >= 0.6 is 11.6 Å². The molecule has 0 atom stereocenters. The molecule has 1 aliphatic rings. The Hall–Kier alpha value is -0.835. The zero-order valence-electron chi connectivity index (χ0n) is 11.5. The molecule has 1 aromatic carbocycles. The van der Waals surface area contributed by atoms with Gasteiger partial charge in [-0.3, -0.25) is 0 Å². The van der Waals surface area contributed by atoms with Crippen molar-refractivity contribution in [3.05, 3.63) is 40.6 Å². The fraction of sp³-hybridized carbons (Fsp3) is 0.429. The minimum absolute atomic E-state index is 0.274. The van der Waals surface area contributed by atoms with E-state index < -0.39 is 18.3 Å². The number of halogens is 2. The zero-order chi connectivity index (χ0) is 14.3. The molecule has 0 bridgehead atoms. The van der Waals surface area contributed by atoms with Crippen molar-refractivity contribution < 1.29 is 13.7 Å². The SMILES string of the molecule is CC1(C)OB(/C(Cl)=C/c2ccc(F)cc2)OC1(C)C. The number of benzene rings is 1. The Morgan fingerprint density at radius 3 is 2.05 bits per heavy atom. The predicted molar refractivity (Wildman–Crippen MR) is 76.3 cm³/mol. The van der Waals surface area contributed by atoms with Crippen LogP contribution in [0.2, 0.25) is 0 Å². The van der Waals surface area contributed by atoms with E-state index in [1.807, 2.05) is 27.7 Å². The molecule has 0 spiro atoms. The molecule has 0 saturated carbocycles. The summed E-state index contributed by atoms with van der Waals surface area (Å²) in [6.45, 7) is 7.87. The topological polar surface area (TPSA) is 18.5 Å². The summed E-state index contributed by atoms with van der Waals surface area (Å²) in [6, 6.07) is 6.09. The van der Waals surface area contributed by atoms with Gasteiger partial charge in [0, 0.05) is 4.93 Å². The molecule has 102 valence electrons. The van der Waals surface area contributed by atoms with Crippen LogP contribution in [0.15, 0.2) is 29.2 Å². The second-order valence-electron chi connectivity index (χ2n) is 5.67. The van der Waals surface area contributed by atoms with Crippen molar-refractivity contribution in [3.8, 4) is 0 Å². The van der Waals surface area contributed by atoms with Gasteiger partial charge in [-0.2, -0.15) is 0 Å². The lowest BCUT2D eigenvalue weighted by Gasteiger charge is -2.32. The Labute approximate surface area is 118 Å². The van der Waals surface area contributed by atoms with E-state index >= 15 is 0 Å². The van der Waals surface area contributed by atoms with Gasteiger partial charge in [0.15, 0.2) is 0 Å². The molecule has 0 amide bonds. The fourth-order valence-electron chi connectivity index (χ4n) is 1.74. The van der Waals surface area contributed by atoms with Crippen molar-refractivity contribution >= 4 is 24.8 Å². The summed E-state index contributed by atoms with van der Waals surface area (Å²) in [4.78, 5) is 0.449. The lowest BCUT2D eigenvalue weighted by Crippen LogP contribution is -2.41. The Morgan fingerprint density at radius 2 is 1.58 bits per heavy atom. The molecule has 1 fully saturated rings. The summed E-state index contributed by atoms with van der Waals surface area (Å²) in [5, 5.41) is 0. The van der Waals surface area contributed by atoms with Gasteiger partial charge in [0.25, 0.3) is 0 Å². The highest BCUT2D eigenvalue weighted by molar-refractivity contribution is 6.71. The standard InChI is InChI=1S/C14H17BClFO2/c1-13(2)14(3,4)19-15(18-13)12(16)9-10-5-7-11(17)8-6-10/h5-9H,1-4H3/b12-9-. The molecule has 0 aliphatic carbocycles. The van der Waals surface area contributed by atoms with Crippen LogP contribution in [0.3, 0.4) is 0 Å². The summed E-state index contributed by atoms with van der Waals surface area (Å²) in [7, 11) is -0.586. The number of hydrogen-bond donors (Lipinski definition) is 0. The van der Waals surface area contributed by atoms with E-state index in [-0.39, 0.29) is 5.82 Å². The Kier molecular flexibility index (Phi) is 3.78. The first kappa shape index (κ1) is 14.6. The second-order valence-corrected chi connectivity index (χ2v) is 6.11. The van der Waals surface area contributed by atoms with E-state index in [0.717, 1.165) is 5.56 Å². The molecule has 5 heteroatoms. The smallest absolute Gasteiger partial charge is 0.399 e. The monoisotopic (exact) mass is 282 g/mol. The van der Waals surface area contributed by atoms with Gasteiger partial charge in [-0.25, -0.2) is 4.39 Å². The molecule has 0 unspecified atom stereocenters. The maximum atomic E-state index is 12.8. The Morgan fingerprint density at radius 1 is 1.11 bits per heavy atom. The van der Waals surface area contributed by atoms with Crippen molar-refractivity contribution in [3.63, 3.8) is 0 Å². The van der Waals surface area contributed by atoms with Crippen molar-refractivity contribution in [1.29, 1.82) is 0 Å². The van der Waals surface area contributed by atoms with Gasteiger partial charge in [0.1, 0.15) is 5.82 Å². The maximum Gasteiger partial charge on any atom is 0.506 e. The lowest BCUT2D eigenvalue weighted by molar-refractivity contribution is 0.00578. The van der Waals surface area contributed by atoms with Crippen molar-refractivity contribution in [2.45, 2.75) is 38.9 Å². The summed E-state index contributed by atoms with van der Waals surface area (Å²) < 4.78 is 24.5. The largest absolute Gasteiger partial charge is 0.506 e. The maximum absolute atomic E-state index is 12.8. The van der Waals surface area contributed by atoms with Crippen LogP contribution in [0.1, 0.15) is 33.3 Å². The van der Waals surface area contributed by atoms with Crippen LogP contribution in [-0.4, -0.2) is 18.3 Å². The van der Waals surface area contributed by atoms with Crippen LogP contribution < -0.4 is 0 Å². The van der Waals surface area contributed by atoms with Crippen LogP contribution in [0.25, 0.3) is 6.08 Å². The van der Waals surface area contributed by atoms with Gasteiger partial charge in [-0.1, -0.05) is 23.7 Å². The van der Waals surface area contributed by atoms with Gasteiger partial charge in [-0.15, -0.1) is 0 Å². The summed E-state index contributed by atoms with van der Waals surface area (Å²) in [5.74, 6) is -0.274. The van der Waals surface area contributed by atoms with Crippen molar-refractivity contribution in [1.82, 2.24) is 0 Å². The molecule has 2 rings (SSSR count). The highest BCUT2D eigenvalue weighted by Gasteiger charge is 2.52. The predicted octanol–water partition coefficient (Wildman–Crippen LogP) is 4.04. The molecule has 1 aliphatic heterocycles. The van der Waals surface area contributed by atoms with Crippen LogP contribution in [-0.2, 0) is 9.31 Å². The molecule has 1 heterocycles. The Balaban J connectivity index is 2.17. The van der Waals surface area contributed by atoms with Gasteiger partial charge in [0.05, 0.1) is 11.2 Å². The first-order chi connectivity index (χ1) is 8.71. The molecule has 19 heavy (non-hydrogen) atoms. The highest BCUT2D eigenvalue weighted by atomic mass is 35.5. The molecule has 1 aromatic rings. The van der Waals surface area contributed by atoms with Crippen LogP contribution in [0.5, 0.6) is 0 Å². The van der Waals surface area contributed by atoms with E-state index in [9.17, 15) is 4.39 Å². The van der Waals surface area contributed by atoms with E-state index in [1.165, 1.54) is 12.1 Å². The van der Waals surface area contributed by atoms with E-state index in [0.29, 0.717) is 4.93 Å². The normalized spacial score (nSPS) is 21.8. The molecular formula is C14H17BClFO2. The van der Waals surface area contributed by atoms with Crippen molar-refractivity contribution in [2.24, 2.45) is 0 Å². The van der Waals surface area contributed by atoms with Gasteiger partial charge < -0.3 is 9.31 Å². The molecule has 0 radical (unpaired) electrons. The van der Waals surface area contributed by atoms with Gasteiger partial charge >= 0.3 is 7.12 Å².